The molecule has 0 radical (unpaired) electrons. The zero-order valence-corrected chi connectivity index (χ0v) is 9.81. The summed E-state index contributed by atoms with van der Waals surface area (Å²) in [5.41, 5.74) is 6.87. The molecule has 0 spiro atoms. The van der Waals surface area contributed by atoms with E-state index in [1.807, 2.05) is 30.8 Å². The highest BCUT2D eigenvalue weighted by atomic mass is 35.5. The van der Waals surface area contributed by atoms with Crippen LogP contribution in [0.5, 0.6) is 0 Å². The molecule has 1 aromatic rings. The van der Waals surface area contributed by atoms with Crippen molar-refractivity contribution in [2.75, 3.05) is 5.75 Å². The van der Waals surface area contributed by atoms with E-state index in [1.165, 1.54) is 5.56 Å². The standard InChI is InChI=1S/C10H15ClN2S/c1-8(12)3-5-14-7-9-2-4-13-10(11)6-9/h2,4,6,8H,3,5,7,12H2,1H3. The van der Waals surface area contributed by atoms with Gasteiger partial charge in [0.25, 0.3) is 0 Å². The number of nitrogens with two attached hydrogens (primary N) is 1. The minimum absolute atomic E-state index is 0.295. The maximum Gasteiger partial charge on any atom is 0.129 e. The van der Waals surface area contributed by atoms with Crippen LogP contribution in [-0.4, -0.2) is 16.8 Å². The van der Waals surface area contributed by atoms with E-state index in [2.05, 4.69) is 4.98 Å². The third-order valence-corrected chi connectivity index (χ3v) is 3.05. The Balaban J connectivity index is 2.25. The summed E-state index contributed by atoms with van der Waals surface area (Å²) in [5.74, 6) is 2.08. The maximum atomic E-state index is 5.77. The lowest BCUT2D eigenvalue weighted by atomic mass is 10.3. The molecule has 0 aromatic carbocycles. The molecule has 1 aromatic heterocycles. The molecule has 2 nitrogen and oxygen atoms in total. The predicted molar refractivity (Wildman–Crippen MR) is 63.7 cm³/mol. The zero-order valence-electron chi connectivity index (χ0n) is 8.24. The van der Waals surface area contributed by atoms with Gasteiger partial charge in [0.15, 0.2) is 0 Å². The first-order chi connectivity index (χ1) is 6.68. The molecule has 0 amide bonds. The Kier molecular flexibility index (Phi) is 5.30. The molecule has 14 heavy (non-hydrogen) atoms. The van der Waals surface area contributed by atoms with Gasteiger partial charge in [-0.15, -0.1) is 0 Å². The molecule has 1 heterocycles. The monoisotopic (exact) mass is 230 g/mol. The van der Waals surface area contributed by atoms with Crippen molar-refractivity contribution >= 4 is 23.4 Å². The van der Waals surface area contributed by atoms with Crippen molar-refractivity contribution in [3.05, 3.63) is 29.0 Å². The largest absolute Gasteiger partial charge is 0.328 e. The van der Waals surface area contributed by atoms with Crippen LogP contribution < -0.4 is 5.73 Å². The van der Waals surface area contributed by atoms with Gasteiger partial charge in [-0.25, -0.2) is 4.98 Å². The van der Waals surface area contributed by atoms with E-state index < -0.39 is 0 Å². The molecule has 1 atom stereocenters. The number of nitrogens with zero attached hydrogens (tertiary/aromatic N) is 1. The lowest BCUT2D eigenvalue weighted by molar-refractivity contribution is 0.721. The molecule has 1 rings (SSSR count). The first kappa shape index (κ1) is 11.8. The topological polar surface area (TPSA) is 38.9 Å². The predicted octanol–water partition coefficient (Wildman–Crippen LogP) is 2.71. The molecule has 0 saturated heterocycles. The van der Waals surface area contributed by atoms with Gasteiger partial charge in [0, 0.05) is 18.0 Å². The molecule has 0 aliphatic rings. The highest BCUT2D eigenvalue weighted by Gasteiger charge is 1.97. The number of hydrogen-bond acceptors (Lipinski definition) is 3. The van der Waals surface area contributed by atoms with Crippen LogP contribution in [0.2, 0.25) is 5.15 Å². The van der Waals surface area contributed by atoms with E-state index in [-0.39, 0.29) is 0 Å². The molecule has 0 saturated carbocycles. The van der Waals surface area contributed by atoms with E-state index in [4.69, 9.17) is 17.3 Å². The zero-order chi connectivity index (χ0) is 10.4. The fourth-order valence-corrected chi connectivity index (χ4v) is 2.29. The summed E-state index contributed by atoms with van der Waals surface area (Å²) < 4.78 is 0. The average molecular weight is 231 g/mol. The van der Waals surface area contributed by atoms with Crippen LogP contribution in [-0.2, 0) is 5.75 Å². The number of pyridine rings is 1. The SMILES string of the molecule is CC(N)CCSCc1ccnc(Cl)c1. The summed E-state index contributed by atoms with van der Waals surface area (Å²) in [6.45, 7) is 2.03. The van der Waals surface area contributed by atoms with Gasteiger partial charge in [-0.1, -0.05) is 11.6 Å². The van der Waals surface area contributed by atoms with E-state index in [0.717, 1.165) is 17.9 Å². The highest BCUT2D eigenvalue weighted by molar-refractivity contribution is 7.98. The second kappa shape index (κ2) is 6.27. The van der Waals surface area contributed by atoms with E-state index in [0.29, 0.717) is 11.2 Å². The van der Waals surface area contributed by atoms with Crippen LogP contribution in [0.1, 0.15) is 18.9 Å². The molecule has 1 unspecified atom stereocenters. The molecular weight excluding hydrogens is 216 g/mol. The Labute approximate surface area is 94.2 Å². The number of halogens is 1. The Morgan fingerprint density at radius 2 is 2.43 bits per heavy atom. The van der Waals surface area contributed by atoms with Crippen LogP contribution in [0.3, 0.4) is 0 Å². The maximum absolute atomic E-state index is 5.77. The van der Waals surface area contributed by atoms with Crippen LogP contribution >= 0.6 is 23.4 Å². The summed E-state index contributed by atoms with van der Waals surface area (Å²) in [5, 5.41) is 0.565. The van der Waals surface area contributed by atoms with Gasteiger partial charge in [0.1, 0.15) is 5.15 Å². The van der Waals surface area contributed by atoms with Crippen molar-refractivity contribution in [3.63, 3.8) is 0 Å². The van der Waals surface area contributed by atoms with Crippen LogP contribution in [0.15, 0.2) is 18.3 Å². The quantitative estimate of drug-likeness (QED) is 0.625. The summed E-state index contributed by atoms with van der Waals surface area (Å²) >= 11 is 7.64. The van der Waals surface area contributed by atoms with Gasteiger partial charge >= 0.3 is 0 Å². The van der Waals surface area contributed by atoms with Gasteiger partial charge < -0.3 is 5.73 Å². The lowest BCUT2D eigenvalue weighted by Crippen LogP contribution is -2.15. The van der Waals surface area contributed by atoms with Crippen molar-refractivity contribution in [2.45, 2.75) is 25.1 Å². The number of thioether (sulfide) groups is 1. The van der Waals surface area contributed by atoms with Gasteiger partial charge in [-0.3, -0.25) is 0 Å². The number of aromatic nitrogens is 1. The smallest absolute Gasteiger partial charge is 0.129 e. The minimum Gasteiger partial charge on any atom is -0.328 e. The summed E-state index contributed by atoms with van der Waals surface area (Å²) in [7, 11) is 0. The third kappa shape index (κ3) is 4.84. The Morgan fingerprint density at radius 1 is 1.64 bits per heavy atom. The van der Waals surface area contributed by atoms with E-state index in [9.17, 15) is 0 Å². The van der Waals surface area contributed by atoms with E-state index in [1.54, 1.807) is 6.20 Å². The molecule has 78 valence electrons. The highest BCUT2D eigenvalue weighted by Crippen LogP contribution is 2.15. The molecule has 0 bridgehead atoms. The second-order valence-electron chi connectivity index (χ2n) is 3.31. The van der Waals surface area contributed by atoms with Gasteiger partial charge in [-0.05, 0) is 36.8 Å². The minimum atomic E-state index is 0.295. The molecule has 2 N–H and O–H groups in total. The van der Waals surface area contributed by atoms with Crippen molar-refractivity contribution < 1.29 is 0 Å². The van der Waals surface area contributed by atoms with Gasteiger partial charge in [0.2, 0.25) is 0 Å². The summed E-state index contributed by atoms with van der Waals surface area (Å²) in [4.78, 5) is 3.93. The molecular formula is C10H15ClN2S. The Bertz CT molecular complexity index is 279. The molecule has 0 aliphatic heterocycles. The molecule has 0 fully saturated rings. The summed E-state index contributed by atoms with van der Waals surface area (Å²) in [6.07, 6.45) is 2.80. The van der Waals surface area contributed by atoms with Crippen molar-refractivity contribution in [1.29, 1.82) is 0 Å². The third-order valence-electron chi connectivity index (χ3n) is 1.78. The van der Waals surface area contributed by atoms with Crippen LogP contribution in [0, 0.1) is 0 Å². The molecule has 4 heteroatoms. The fourth-order valence-electron chi connectivity index (χ4n) is 0.992. The van der Waals surface area contributed by atoms with Crippen LogP contribution in [0.4, 0.5) is 0 Å². The first-order valence-electron chi connectivity index (χ1n) is 4.62. The normalized spacial score (nSPS) is 12.8. The van der Waals surface area contributed by atoms with Crippen molar-refractivity contribution in [3.8, 4) is 0 Å². The number of hydrogen-bond donors (Lipinski definition) is 1. The van der Waals surface area contributed by atoms with Crippen molar-refractivity contribution in [2.24, 2.45) is 5.73 Å². The first-order valence-corrected chi connectivity index (χ1v) is 6.15. The number of rotatable bonds is 5. The fraction of sp³-hybridized carbons (Fsp3) is 0.500. The van der Waals surface area contributed by atoms with E-state index >= 15 is 0 Å². The summed E-state index contributed by atoms with van der Waals surface area (Å²) in [6, 6.07) is 4.19. The lowest BCUT2D eigenvalue weighted by Gasteiger charge is -2.04. The van der Waals surface area contributed by atoms with Gasteiger partial charge in [0.05, 0.1) is 0 Å². The Hall–Kier alpha value is -0.250. The molecule has 0 aliphatic carbocycles. The second-order valence-corrected chi connectivity index (χ2v) is 4.80. The Morgan fingerprint density at radius 3 is 3.07 bits per heavy atom. The van der Waals surface area contributed by atoms with Crippen LogP contribution in [0.25, 0.3) is 0 Å². The average Bonchev–Trinajstić information content (AvgIpc) is 2.12. The van der Waals surface area contributed by atoms with Gasteiger partial charge in [-0.2, -0.15) is 11.8 Å². The van der Waals surface area contributed by atoms with Crippen molar-refractivity contribution in [1.82, 2.24) is 4.98 Å².